The molecule has 0 aromatic heterocycles. The number of hydrogen-bond donors (Lipinski definition) is 0. The summed E-state index contributed by atoms with van der Waals surface area (Å²) < 4.78 is 5.26. The Morgan fingerprint density at radius 2 is 2.00 bits per heavy atom. The van der Waals surface area contributed by atoms with Crippen LogP contribution in [-0.4, -0.2) is 50.0 Å². The lowest BCUT2D eigenvalue weighted by Crippen LogP contribution is -2.48. The molecule has 1 amide bonds. The Morgan fingerprint density at radius 3 is 2.67 bits per heavy atom. The summed E-state index contributed by atoms with van der Waals surface area (Å²) in [5, 5.41) is 0. The number of nitrogens with zero attached hydrogens (tertiary/aromatic N) is 2. The quantitative estimate of drug-likeness (QED) is 0.598. The second-order valence-corrected chi connectivity index (χ2v) is 5.59. The summed E-state index contributed by atoms with van der Waals surface area (Å²) in [4.78, 5) is 16.3. The topological polar surface area (TPSA) is 32.8 Å². The molecule has 0 spiro atoms. The van der Waals surface area contributed by atoms with E-state index in [4.69, 9.17) is 16.3 Å². The molecule has 5 heteroatoms. The number of ether oxygens (including phenoxy) is 1. The monoisotopic (exact) mass is 310 g/mol. The SMILES string of the molecule is COc1cccc(N2CCN(C(=O)CCCCCl)CC2)c1. The lowest BCUT2D eigenvalue weighted by atomic mass is 10.2. The first kappa shape index (κ1) is 16.0. The Labute approximate surface area is 131 Å². The highest BCUT2D eigenvalue weighted by Gasteiger charge is 2.20. The molecule has 1 saturated heterocycles. The number of rotatable bonds is 6. The zero-order valence-corrected chi connectivity index (χ0v) is 13.3. The number of unbranched alkanes of at least 4 members (excludes halogenated alkanes) is 1. The minimum Gasteiger partial charge on any atom is -0.497 e. The minimum atomic E-state index is 0.255. The fraction of sp³-hybridized carbons (Fsp3) is 0.562. The van der Waals surface area contributed by atoms with Gasteiger partial charge < -0.3 is 14.5 Å². The van der Waals surface area contributed by atoms with Crippen molar-refractivity contribution in [3.05, 3.63) is 24.3 Å². The van der Waals surface area contributed by atoms with Gasteiger partial charge in [0.05, 0.1) is 7.11 Å². The molecule has 0 N–H and O–H groups in total. The molecule has 0 aliphatic carbocycles. The number of hydrogen-bond acceptors (Lipinski definition) is 3. The lowest BCUT2D eigenvalue weighted by Gasteiger charge is -2.36. The van der Waals surface area contributed by atoms with Gasteiger partial charge in [-0.25, -0.2) is 0 Å². The average Bonchev–Trinajstić information content (AvgIpc) is 2.55. The summed E-state index contributed by atoms with van der Waals surface area (Å²) in [5.74, 6) is 1.76. The predicted octanol–water partition coefficient (Wildman–Crippen LogP) is 2.75. The Bertz CT molecular complexity index is 459. The zero-order valence-electron chi connectivity index (χ0n) is 12.6. The van der Waals surface area contributed by atoms with Crippen LogP contribution >= 0.6 is 11.6 Å². The molecule has 21 heavy (non-hydrogen) atoms. The first-order chi connectivity index (χ1) is 10.2. The summed E-state index contributed by atoms with van der Waals surface area (Å²) in [7, 11) is 1.68. The molecule has 1 fully saturated rings. The van der Waals surface area contributed by atoms with E-state index in [-0.39, 0.29) is 5.91 Å². The smallest absolute Gasteiger partial charge is 0.222 e. The van der Waals surface area contributed by atoms with Gasteiger partial charge in [-0.2, -0.15) is 0 Å². The van der Waals surface area contributed by atoms with Crippen molar-refractivity contribution in [3.63, 3.8) is 0 Å². The van der Waals surface area contributed by atoms with Crippen LogP contribution in [0.1, 0.15) is 19.3 Å². The number of carbonyl (C=O) groups is 1. The fourth-order valence-corrected chi connectivity index (χ4v) is 2.74. The van der Waals surface area contributed by atoms with Crippen LogP contribution in [0.2, 0.25) is 0 Å². The third-order valence-electron chi connectivity index (χ3n) is 3.83. The van der Waals surface area contributed by atoms with Crippen molar-refractivity contribution in [3.8, 4) is 5.75 Å². The van der Waals surface area contributed by atoms with Crippen molar-refractivity contribution in [2.45, 2.75) is 19.3 Å². The maximum Gasteiger partial charge on any atom is 0.222 e. The highest BCUT2D eigenvalue weighted by molar-refractivity contribution is 6.17. The molecule has 1 aromatic rings. The zero-order chi connectivity index (χ0) is 15.1. The van der Waals surface area contributed by atoms with E-state index in [9.17, 15) is 4.79 Å². The van der Waals surface area contributed by atoms with Gasteiger partial charge in [0.1, 0.15) is 5.75 Å². The van der Waals surface area contributed by atoms with E-state index < -0.39 is 0 Å². The van der Waals surface area contributed by atoms with Crippen molar-refractivity contribution in [1.29, 1.82) is 0 Å². The molecule has 1 heterocycles. The van der Waals surface area contributed by atoms with Crippen molar-refractivity contribution >= 4 is 23.2 Å². The van der Waals surface area contributed by atoms with E-state index >= 15 is 0 Å². The molecular weight excluding hydrogens is 288 g/mol. The van der Waals surface area contributed by atoms with Gasteiger partial charge in [0.15, 0.2) is 0 Å². The fourth-order valence-electron chi connectivity index (χ4n) is 2.55. The summed E-state index contributed by atoms with van der Waals surface area (Å²) in [6.45, 7) is 3.32. The number of methoxy groups -OCH3 is 1. The third kappa shape index (κ3) is 4.53. The normalized spacial score (nSPS) is 15.1. The predicted molar refractivity (Wildman–Crippen MR) is 86.4 cm³/mol. The van der Waals surface area contributed by atoms with E-state index in [1.54, 1.807) is 7.11 Å². The Hall–Kier alpha value is -1.42. The molecule has 116 valence electrons. The Morgan fingerprint density at radius 1 is 1.24 bits per heavy atom. The average molecular weight is 311 g/mol. The van der Waals surface area contributed by atoms with Gasteiger partial charge in [0.25, 0.3) is 0 Å². The highest BCUT2D eigenvalue weighted by atomic mass is 35.5. The lowest BCUT2D eigenvalue weighted by molar-refractivity contribution is -0.131. The van der Waals surface area contributed by atoms with Crippen LogP contribution in [0, 0.1) is 0 Å². The van der Waals surface area contributed by atoms with Crippen LogP contribution in [0.3, 0.4) is 0 Å². The summed E-state index contributed by atoms with van der Waals surface area (Å²) in [5.41, 5.74) is 1.16. The molecule has 1 aliphatic heterocycles. The number of benzene rings is 1. The molecule has 4 nitrogen and oxygen atoms in total. The summed E-state index contributed by atoms with van der Waals surface area (Å²) in [6.07, 6.45) is 2.42. The largest absolute Gasteiger partial charge is 0.497 e. The van der Waals surface area contributed by atoms with Crippen LogP contribution in [-0.2, 0) is 4.79 Å². The van der Waals surface area contributed by atoms with Crippen LogP contribution in [0.5, 0.6) is 5.75 Å². The summed E-state index contributed by atoms with van der Waals surface area (Å²) in [6, 6.07) is 8.07. The first-order valence-electron chi connectivity index (χ1n) is 7.47. The van der Waals surface area contributed by atoms with Gasteiger partial charge in [-0.3, -0.25) is 4.79 Å². The summed E-state index contributed by atoms with van der Waals surface area (Å²) >= 11 is 5.64. The van der Waals surface area contributed by atoms with Gasteiger partial charge in [-0.05, 0) is 25.0 Å². The second-order valence-electron chi connectivity index (χ2n) is 5.22. The number of alkyl halides is 1. The molecule has 0 saturated carbocycles. The number of amides is 1. The van der Waals surface area contributed by atoms with Crippen molar-refractivity contribution < 1.29 is 9.53 Å². The van der Waals surface area contributed by atoms with Crippen LogP contribution in [0.25, 0.3) is 0 Å². The van der Waals surface area contributed by atoms with Gasteiger partial charge in [0, 0.05) is 50.2 Å². The number of piperazine rings is 1. The van der Waals surface area contributed by atoms with E-state index in [0.717, 1.165) is 50.5 Å². The minimum absolute atomic E-state index is 0.255. The third-order valence-corrected chi connectivity index (χ3v) is 4.09. The van der Waals surface area contributed by atoms with Gasteiger partial charge in [0.2, 0.25) is 5.91 Å². The Kier molecular flexibility index (Phi) is 6.18. The number of anilines is 1. The molecule has 0 atom stereocenters. The van der Waals surface area contributed by atoms with Gasteiger partial charge in [-0.1, -0.05) is 6.07 Å². The number of halogens is 1. The van der Waals surface area contributed by atoms with E-state index in [0.29, 0.717) is 12.3 Å². The van der Waals surface area contributed by atoms with E-state index in [2.05, 4.69) is 11.0 Å². The van der Waals surface area contributed by atoms with Crippen molar-refractivity contribution in [1.82, 2.24) is 4.90 Å². The molecule has 0 radical (unpaired) electrons. The maximum absolute atomic E-state index is 12.1. The standard InChI is InChI=1S/C16H23ClN2O2/c1-21-15-6-4-5-14(13-15)18-9-11-19(12-10-18)16(20)7-2-3-8-17/h4-6,13H,2-3,7-12H2,1H3. The molecular formula is C16H23ClN2O2. The van der Waals surface area contributed by atoms with Crippen molar-refractivity contribution in [2.75, 3.05) is 44.1 Å². The molecule has 0 bridgehead atoms. The van der Waals surface area contributed by atoms with Crippen LogP contribution in [0.4, 0.5) is 5.69 Å². The maximum atomic E-state index is 12.1. The van der Waals surface area contributed by atoms with E-state index in [1.165, 1.54) is 0 Å². The Balaban J connectivity index is 1.83. The first-order valence-corrected chi connectivity index (χ1v) is 8.01. The molecule has 1 aromatic carbocycles. The van der Waals surface area contributed by atoms with Gasteiger partial charge >= 0.3 is 0 Å². The molecule has 0 unspecified atom stereocenters. The second kappa shape index (κ2) is 8.13. The number of carbonyl (C=O) groups excluding carboxylic acids is 1. The highest BCUT2D eigenvalue weighted by Crippen LogP contribution is 2.22. The molecule has 2 rings (SSSR count). The van der Waals surface area contributed by atoms with Crippen LogP contribution < -0.4 is 9.64 Å². The van der Waals surface area contributed by atoms with Crippen LogP contribution in [0.15, 0.2) is 24.3 Å². The van der Waals surface area contributed by atoms with E-state index in [1.807, 2.05) is 23.1 Å². The van der Waals surface area contributed by atoms with Crippen molar-refractivity contribution in [2.24, 2.45) is 0 Å². The molecule has 1 aliphatic rings. The van der Waals surface area contributed by atoms with Gasteiger partial charge in [-0.15, -0.1) is 11.6 Å².